The predicted molar refractivity (Wildman–Crippen MR) is 67.9 cm³/mol. The molecule has 0 saturated carbocycles. The van der Waals surface area contributed by atoms with Gasteiger partial charge >= 0.3 is 5.69 Å². The van der Waals surface area contributed by atoms with Crippen molar-refractivity contribution in [3.8, 4) is 5.75 Å². The highest BCUT2D eigenvalue weighted by molar-refractivity contribution is 9.10. The van der Waals surface area contributed by atoms with Crippen molar-refractivity contribution in [1.29, 1.82) is 0 Å². The number of nitro benzene ring substituents is 1. The smallest absolute Gasteiger partial charge is 0.312 e. The van der Waals surface area contributed by atoms with E-state index in [0.29, 0.717) is 11.1 Å². The Morgan fingerprint density at radius 3 is 2.67 bits per heavy atom. The third kappa shape index (κ3) is 3.51. The average Bonchev–Trinajstić information content (AvgIpc) is 2.30. The maximum atomic E-state index is 11.5. The van der Waals surface area contributed by atoms with Crippen LogP contribution in [0.2, 0.25) is 0 Å². The Morgan fingerprint density at radius 1 is 1.50 bits per heavy atom. The van der Waals surface area contributed by atoms with Crippen LogP contribution in [0.25, 0.3) is 0 Å². The van der Waals surface area contributed by atoms with Gasteiger partial charge in [0, 0.05) is 17.1 Å². The maximum Gasteiger partial charge on any atom is 0.312 e. The fourth-order valence-corrected chi connectivity index (χ4v) is 1.76. The normalized spacial score (nSPS) is 10.2. The molecule has 1 aromatic carbocycles. The highest BCUT2D eigenvalue weighted by Crippen LogP contribution is 2.34. The van der Waals surface area contributed by atoms with Gasteiger partial charge in [0.2, 0.25) is 5.75 Å². The zero-order valence-electron chi connectivity index (χ0n) is 9.94. The molecule has 98 valence electrons. The highest BCUT2D eigenvalue weighted by Gasteiger charge is 2.23. The minimum Gasteiger partial charge on any atom is -0.460 e. The standard InChI is InChI=1S/C11H12BrNO5/c1-3-17-6-18-11-9(7(2)14)4-8(12)5-10(11)13(15)16/h4-5H,3,6H2,1-2H3. The van der Waals surface area contributed by atoms with Crippen LogP contribution in [0, 0.1) is 10.1 Å². The Kier molecular flexibility index (Phi) is 5.24. The van der Waals surface area contributed by atoms with Crippen molar-refractivity contribution in [2.75, 3.05) is 13.4 Å². The molecule has 6 nitrogen and oxygen atoms in total. The summed E-state index contributed by atoms with van der Waals surface area (Å²) < 4.78 is 10.6. The minimum absolute atomic E-state index is 0.0656. The Balaban J connectivity index is 3.23. The third-order valence-corrected chi connectivity index (χ3v) is 2.56. The second-order valence-corrected chi connectivity index (χ2v) is 4.29. The summed E-state index contributed by atoms with van der Waals surface area (Å²) in [6.07, 6.45) is 0. The number of hydrogen-bond acceptors (Lipinski definition) is 5. The Hall–Kier alpha value is -1.47. The van der Waals surface area contributed by atoms with E-state index in [4.69, 9.17) is 9.47 Å². The van der Waals surface area contributed by atoms with Crippen LogP contribution in [-0.2, 0) is 4.74 Å². The van der Waals surface area contributed by atoms with Gasteiger partial charge < -0.3 is 9.47 Å². The van der Waals surface area contributed by atoms with E-state index in [2.05, 4.69) is 15.9 Å². The monoisotopic (exact) mass is 317 g/mol. The first-order valence-electron chi connectivity index (χ1n) is 5.16. The van der Waals surface area contributed by atoms with E-state index in [-0.39, 0.29) is 29.6 Å². The lowest BCUT2D eigenvalue weighted by molar-refractivity contribution is -0.386. The van der Waals surface area contributed by atoms with E-state index in [1.165, 1.54) is 19.1 Å². The lowest BCUT2D eigenvalue weighted by Crippen LogP contribution is -2.08. The summed E-state index contributed by atoms with van der Waals surface area (Å²) in [5.74, 6) is -0.380. The molecule has 0 aliphatic heterocycles. The van der Waals surface area contributed by atoms with E-state index >= 15 is 0 Å². The van der Waals surface area contributed by atoms with E-state index in [1.807, 2.05) is 0 Å². The number of nitro groups is 1. The predicted octanol–water partition coefficient (Wildman–Crippen LogP) is 2.93. The van der Waals surface area contributed by atoms with Gasteiger partial charge in [-0.2, -0.15) is 0 Å². The molecule has 0 aliphatic rings. The van der Waals surface area contributed by atoms with E-state index in [0.717, 1.165) is 0 Å². The molecule has 0 saturated heterocycles. The van der Waals surface area contributed by atoms with Crippen molar-refractivity contribution in [2.24, 2.45) is 0 Å². The number of Topliss-reactive ketones (excluding diaryl/α,β-unsaturated/α-hetero) is 1. The lowest BCUT2D eigenvalue weighted by Gasteiger charge is -2.10. The van der Waals surface area contributed by atoms with Crippen LogP contribution in [0.3, 0.4) is 0 Å². The van der Waals surface area contributed by atoms with Crippen LogP contribution >= 0.6 is 15.9 Å². The maximum absolute atomic E-state index is 11.5. The highest BCUT2D eigenvalue weighted by atomic mass is 79.9. The quantitative estimate of drug-likeness (QED) is 0.265. The van der Waals surface area contributed by atoms with Gasteiger partial charge in [-0.15, -0.1) is 0 Å². The summed E-state index contributed by atoms with van der Waals surface area (Å²) in [4.78, 5) is 21.8. The molecule has 0 heterocycles. The number of ketones is 1. The number of ether oxygens (including phenoxy) is 2. The number of rotatable bonds is 6. The summed E-state index contributed by atoms with van der Waals surface area (Å²) >= 11 is 3.12. The van der Waals surface area contributed by atoms with Gasteiger partial charge in [-0.25, -0.2) is 0 Å². The number of nitrogens with zero attached hydrogens (tertiary/aromatic N) is 1. The molecular formula is C11H12BrNO5. The van der Waals surface area contributed by atoms with Gasteiger partial charge in [0.15, 0.2) is 12.6 Å². The third-order valence-electron chi connectivity index (χ3n) is 2.10. The topological polar surface area (TPSA) is 78.7 Å². The van der Waals surface area contributed by atoms with Crippen LogP contribution in [-0.4, -0.2) is 24.1 Å². The molecule has 0 bridgehead atoms. The van der Waals surface area contributed by atoms with Crippen molar-refractivity contribution in [1.82, 2.24) is 0 Å². The van der Waals surface area contributed by atoms with Crippen molar-refractivity contribution in [2.45, 2.75) is 13.8 Å². The molecule has 1 aromatic rings. The number of carbonyl (C=O) groups is 1. The Bertz CT molecular complexity index is 439. The summed E-state index contributed by atoms with van der Waals surface area (Å²) in [6.45, 7) is 3.36. The number of halogens is 1. The molecule has 0 atom stereocenters. The first-order valence-corrected chi connectivity index (χ1v) is 5.96. The van der Waals surface area contributed by atoms with Gasteiger partial charge in [0.1, 0.15) is 0 Å². The van der Waals surface area contributed by atoms with Crippen LogP contribution < -0.4 is 4.74 Å². The van der Waals surface area contributed by atoms with Crippen molar-refractivity contribution < 1.29 is 19.2 Å². The van der Waals surface area contributed by atoms with Crippen molar-refractivity contribution in [3.63, 3.8) is 0 Å². The molecule has 0 amide bonds. The number of hydrogen-bond donors (Lipinski definition) is 0. The summed E-state index contributed by atoms with van der Waals surface area (Å²) in [5, 5.41) is 10.9. The number of carbonyl (C=O) groups excluding carboxylic acids is 1. The first kappa shape index (κ1) is 14.6. The van der Waals surface area contributed by atoms with Gasteiger partial charge in [-0.05, 0) is 19.9 Å². The molecule has 0 fully saturated rings. The lowest BCUT2D eigenvalue weighted by atomic mass is 10.1. The Labute approximate surface area is 112 Å². The molecule has 0 aliphatic carbocycles. The van der Waals surface area contributed by atoms with Crippen LogP contribution in [0.1, 0.15) is 24.2 Å². The number of benzene rings is 1. The second-order valence-electron chi connectivity index (χ2n) is 3.37. The SMILES string of the molecule is CCOCOc1c(C(C)=O)cc(Br)cc1[N+](=O)[O-]. The van der Waals surface area contributed by atoms with Crippen molar-refractivity contribution >= 4 is 27.4 Å². The summed E-state index contributed by atoms with van der Waals surface area (Å²) in [7, 11) is 0. The van der Waals surface area contributed by atoms with Gasteiger partial charge in [-0.3, -0.25) is 14.9 Å². The van der Waals surface area contributed by atoms with Crippen molar-refractivity contribution in [3.05, 3.63) is 32.3 Å². The minimum atomic E-state index is -0.599. The zero-order valence-corrected chi connectivity index (χ0v) is 11.5. The molecule has 0 aromatic heterocycles. The molecule has 0 radical (unpaired) electrons. The van der Waals surface area contributed by atoms with Gasteiger partial charge in [0.05, 0.1) is 10.5 Å². The molecule has 0 N–H and O–H groups in total. The molecule has 7 heteroatoms. The van der Waals surface area contributed by atoms with Gasteiger partial charge in [0.25, 0.3) is 0 Å². The fraction of sp³-hybridized carbons (Fsp3) is 0.364. The average molecular weight is 318 g/mol. The molecule has 18 heavy (non-hydrogen) atoms. The van der Waals surface area contributed by atoms with E-state index < -0.39 is 4.92 Å². The van der Waals surface area contributed by atoms with Gasteiger partial charge in [-0.1, -0.05) is 15.9 Å². The molecule has 1 rings (SSSR count). The zero-order chi connectivity index (χ0) is 13.7. The van der Waals surface area contributed by atoms with Crippen LogP contribution in [0.15, 0.2) is 16.6 Å². The molecule has 0 spiro atoms. The summed E-state index contributed by atoms with van der Waals surface area (Å²) in [6, 6.07) is 2.77. The fourth-order valence-electron chi connectivity index (χ4n) is 1.31. The second kappa shape index (κ2) is 6.46. The summed E-state index contributed by atoms with van der Waals surface area (Å²) in [5.41, 5.74) is -0.120. The van der Waals surface area contributed by atoms with E-state index in [9.17, 15) is 14.9 Å². The molecule has 0 unspecified atom stereocenters. The van der Waals surface area contributed by atoms with Crippen LogP contribution in [0.4, 0.5) is 5.69 Å². The van der Waals surface area contributed by atoms with Crippen LogP contribution in [0.5, 0.6) is 5.75 Å². The Morgan fingerprint density at radius 2 is 2.17 bits per heavy atom. The molecular weight excluding hydrogens is 306 g/mol. The largest absolute Gasteiger partial charge is 0.460 e. The first-order chi connectivity index (χ1) is 8.47. The van der Waals surface area contributed by atoms with E-state index in [1.54, 1.807) is 6.92 Å².